The van der Waals surface area contributed by atoms with Crippen LogP contribution in [0.5, 0.6) is 0 Å². The van der Waals surface area contributed by atoms with Crippen molar-refractivity contribution in [1.29, 1.82) is 10.8 Å². The Labute approximate surface area is 229 Å². The van der Waals surface area contributed by atoms with Gasteiger partial charge >= 0.3 is 0 Å². The third kappa shape index (κ3) is 5.30. The molecule has 9 heteroatoms. The average molecular weight is 523 g/mol. The molecule has 0 spiro atoms. The van der Waals surface area contributed by atoms with Gasteiger partial charge in [0.05, 0.1) is 28.3 Å². The molecule has 40 heavy (non-hydrogen) atoms. The fourth-order valence-corrected chi connectivity index (χ4v) is 4.10. The van der Waals surface area contributed by atoms with Crippen LogP contribution in [-0.4, -0.2) is 41.6 Å². The van der Waals surface area contributed by atoms with E-state index < -0.39 is 0 Å². The molecule has 6 aromatic rings. The van der Waals surface area contributed by atoms with Gasteiger partial charge in [0.25, 0.3) is 0 Å². The van der Waals surface area contributed by atoms with Crippen molar-refractivity contribution in [3.63, 3.8) is 0 Å². The molecule has 0 atom stereocenters. The SMILES string of the molecule is N=C(CC(=N)c1cccc(-c2nnc(-c3ccc(-c4ccccn4)nc3)o2)c1)c1ccc(-c2ccccn2)nc1. The van der Waals surface area contributed by atoms with E-state index in [0.717, 1.165) is 22.8 Å². The molecule has 2 N–H and O–H groups in total. The van der Waals surface area contributed by atoms with Crippen LogP contribution in [0, 0.1) is 10.8 Å². The molecule has 192 valence electrons. The summed E-state index contributed by atoms with van der Waals surface area (Å²) in [6.45, 7) is 0. The lowest BCUT2D eigenvalue weighted by Crippen LogP contribution is -2.09. The molecule has 0 unspecified atom stereocenters. The van der Waals surface area contributed by atoms with Crippen molar-refractivity contribution in [3.8, 4) is 45.7 Å². The van der Waals surface area contributed by atoms with Crippen molar-refractivity contribution in [1.82, 2.24) is 30.1 Å². The number of nitrogens with one attached hydrogen (secondary N) is 2. The van der Waals surface area contributed by atoms with E-state index in [-0.39, 0.29) is 6.42 Å². The van der Waals surface area contributed by atoms with E-state index in [1.807, 2.05) is 84.9 Å². The van der Waals surface area contributed by atoms with Gasteiger partial charge in [-0.2, -0.15) is 0 Å². The lowest BCUT2D eigenvalue weighted by Gasteiger charge is -2.08. The number of hydrogen-bond donors (Lipinski definition) is 2. The fourth-order valence-electron chi connectivity index (χ4n) is 4.10. The van der Waals surface area contributed by atoms with Gasteiger partial charge in [0, 0.05) is 53.8 Å². The van der Waals surface area contributed by atoms with Gasteiger partial charge in [0.15, 0.2) is 0 Å². The summed E-state index contributed by atoms with van der Waals surface area (Å²) < 4.78 is 5.93. The summed E-state index contributed by atoms with van der Waals surface area (Å²) in [5.74, 6) is 0.682. The second kappa shape index (κ2) is 11.0. The molecule has 0 bridgehead atoms. The molecule has 1 aromatic carbocycles. The van der Waals surface area contributed by atoms with Gasteiger partial charge in [-0.25, -0.2) is 0 Å². The Balaban J connectivity index is 1.14. The molecular formula is C31H22N8O. The van der Waals surface area contributed by atoms with Gasteiger partial charge in [0.2, 0.25) is 11.8 Å². The maximum Gasteiger partial charge on any atom is 0.249 e. The first kappa shape index (κ1) is 24.6. The summed E-state index contributed by atoms with van der Waals surface area (Å²) >= 11 is 0. The van der Waals surface area contributed by atoms with Crippen LogP contribution in [-0.2, 0) is 0 Å². The van der Waals surface area contributed by atoms with E-state index >= 15 is 0 Å². The van der Waals surface area contributed by atoms with Crippen LogP contribution in [0.1, 0.15) is 17.5 Å². The van der Waals surface area contributed by atoms with Gasteiger partial charge < -0.3 is 15.2 Å². The second-order valence-electron chi connectivity index (χ2n) is 8.92. The molecule has 0 amide bonds. The van der Waals surface area contributed by atoms with Gasteiger partial charge in [-0.3, -0.25) is 19.9 Å². The van der Waals surface area contributed by atoms with E-state index in [1.165, 1.54) is 0 Å². The lowest BCUT2D eigenvalue weighted by molar-refractivity contribution is 0.584. The lowest BCUT2D eigenvalue weighted by atomic mass is 9.99. The van der Waals surface area contributed by atoms with E-state index in [2.05, 4.69) is 30.1 Å². The third-order valence-corrected chi connectivity index (χ3v) is 6.21. The number of rotatable bonds is 8. The van der Waals surface area contributed by atoms with Crippen LogP contribution >= 0.6 is 0 Å². The molecule has 5 aromatic heterocycles. The number of benzene rings is 1. The van der Waals surface area contributed by atoms with E-state index in [1.54, 1.807) is 24.8 Å². The Morgan fingerprint density at radius 3 is 1.77 bits per heavy atom. The van der Waals surface area contributed by atoms with Crippen molar-refractivity contribution in [2.24, 2.45) is 0 Å². The van der Waals surface area contributed by atoms with Crippen LogP contribution < -0.4 is 0 Å². The Kier molecular flexibility index (Phi) is 6.75. The monoisotopic (exact) mass is 522 g/mol. The van der Waals surface area contributed by atoms with Crippen LogP contribution in [0.25, 0.3) is 45.7 Å². The topological polar surface area (TPSA) is 138 Å². The number of pyridine rings is 4. The van der Waals surface area contributed by atoms with Gasteiger partial charge in [0.1, 0.15) is 0 Å². The van der Waals surface area contributed by atoms with Crippen LogP contribution in [0.3, 0.4) is 0 Å². The molecule has 0 radical (unpaired) electrons. The zero-order valence-corrected chi connectivity index (χ0v) is 21.2. The highest BCUT2D eigenvalue weighted by molar-refractivity contribution is 6.15. The second-order valence-corrected chi connectivity index (χ2v) is 8.92. The molecule has 0 fully saturated rings. The van der Waals surface area contributed by atoms with Gasteiger partial charge in [-0.05, 0) is 66.2 Å². The minimum Gasteiger partial charge on any atom is -0.416 e. The Hall–Kier alpha value is -5.70. The first-order chi connectivity index (χ1) is 19.6. The number of hydrogen-bond acceptors (Lipinski definition) is 9. The minimum atomic E-state index is 0.150. The van der Waals surface area contributed by atoms with Crippen molar-refractivity contribution in [2.75, 3.05) is 0 Å². The van der Waals surface area contributed by atoms with Crippen molar-refractivity contribution in [2.45, 2.75) is 6.42 Å². The van der Waals surface area contributed by atoms with Crippen LogP contribution in [0.2, 0.25) is 0 Å². The predicted molar refractivity (Wildman–Crippen MR) is 152 cm³/mol. The summed E-state index contributed by atoms with van der Waals surface area (Å²) in [6, 6.07) is 26.0. The number of nitrogens with zero attached hydrogens (tertiary/aromatic N) is 6. The largest absolute Gasteiger partial charge is 0.416 e. The highest BCUT2D eigenvalue weighted by Gasteiger charge is 2.14. The van der Waals surface area contributed by atoms with Crippen molar-refractivity contribution < 1.29 is 4.42 Å². The molecule has 9 nitrogen and oxygen atoms in total. The maximum atomic E-state index is 8.62. The first-order valence-electron chi connectivity index (χ1n) is 12.5. The van der Waals surface area contributed by atoms with Crippen molar-refractivity contribution >= 4 is 11.4 Å². The van der Waals surface area contributed by atoms with Crippen LogP contribution in [0.4, 0.5) is 0 Å². The zero-order chi connectivity index (χ0) is 27.3. The molecule has 0 saturated heterocycles. The Bertz CT molecular complexity index is 1780. The molecule has 0 aliphatic rings. The molecule has 0 aliphatic heterocycles. The quantitative estimate of drug-likeness (QED) is 0.229. The fraction of sp³-hybridized carbons (Fsp3) is 0.0323. The average Bonchev–Trinajstić information content (AvgIpc) is 3.53. The minimum absolute atomic E-state index is 0.150. The van der Waals surface area contributed by atoms with E-state index in [9.17, 15) is 0 Å². The molecular weight excluding hydrogens is 500 g/mol. The van der Waals surface area contributed by atoms with E-state index in [0.29, 0.717) is 45.5 Å². The van der Waals surface area contributed by atoms with Crippen LogP contribution in [0.15, 0.2) is 114 Å². The molecule has 5 heterocycles. The summed E-state index contributed by atoms with van der Waals surface area (Å²) in [6.07, 6.45) is 6.92. The van der Waals surface area contributed by atoms with E-state index in [4.69, 9.17) is 15.2 Å². The highest BCUT2D eigenvalue weighted by atomic mass is 16.4. The Morgan fingerprint density at radius 1 is 0.550 bits per heavy atom. The predicted octanol–water partition coefficient (Wildman–Crippen LogP) is 6.14. The first-order valence-corrected chi connectivity index (χ1v) is 12.5. The highest BCUT2D eigenvalue weighted by Crippen LogP contribution is 2.26. The summed E-state index contributed by atoms with van der Waals surface area (Å²) in [5, 5.41) is 25.5. The molecule has 0 aliphatic carbocycles. The molecule has 0 saturated carbocycles. The number of aromatic nitrogens is 6. The summed E-state index contributed by atoms with van der Waals surface area (Å²) in [7, 11) is 0. The smallest absolute Gasteiger partial charge is 0.249 e. The third-order valence-electron chi connectivity index (χ3n) is 6.21. The zero-order valence-electron chi connectivity index (χ0n) is 21.2. The summed E-state index contributed by atoms with van der Waals surface area (Å²) in [5.41, 5.74) is 6.35. The van der Waals surface area contributed by atoms with Gasteiger partial charge in [-0.1, -0.05) is 24.3 Å². The standard InChI is InChI=1S/C31H22N8O/c32-24(17-25(33)22-10-12-28(36-18-22)26-8-1-3-14-34-26)20-6-5-7-21(16-20)30-38-39-31(40-30)23-11-13-29(37-19-23)27-9-2-4-15-35-27/h1-16,18-19,32-33H,17H2. The normalized spacial score (nSPS) is 10.8. The maximum absolute atomic E-state index is 8.62. The Morgan fingerprint density at radius 2 is 1.18 bits per heavy atom. The molecule has 6 rings (SSSR count). The van der Waals surface area contributed by atoms with Gasteiger partial charge in [-0.15, -0.1) is 10.2 Å². The summed E-state index contributed by atoms with van der Waals surface area (Å²) in [4.78, 5) is 17.5. The van der Waals surface area contributed by atoms with Crippen molar-refractivity contribution in [3.05, 3.63) is 121 Å².